The number of carbonyl (C=O) groups is 6. The third-order valence-corrected chi connectivity index (χ3v) is 8.30. The Hall–Kier alpha value is -3.04. The second-order valence-corrected chi connectivity index (χ2v) is 11.4. The summed E-state index contributed by atoms with van der Waals surface area (Å²) in [6.45, 7) is 15.1. The van der Waals surface area contributed by atoms with E-state index in [1.165, 1.54) is 11.0 Å². The summed E-state index contributed by atoms with van der Waals surface area (Å²) in [6, 6.07) is -2.59. The number of likely N-dealkylation sites (tertiary alicyclic amines) is 1. The zero-order chi connectivity index (χ0) is 29.4. The summed E-state index contributed by atoms with van der Waals surface area (Å²) in [4.78, 5) is 77.9. The van der Waals surface area contributed by atoms with Crippen molar-refractivity contribution in [3.8, 4) is 0 Å². The molecule has 39 heavy (non-hydrogen) atoms. The fraction of sp³-hybridized carbons (Fsp3) is 0.724. The number of nitrogens with zero attached hydrogens (tertiary/aromatic N) is 1. The molecule has 0 aromatic rings. The normalized spacial score (nSPS) is 25.7. The second kappa shape index (κ2) is 14.4. The average Bonchev–Trinajstić information content (AvgIpc) is 3.37. The minimum absolute atomic E-state index is 0.0364. The van der Waals surface area contributed by atoms with Gasteiger partial charge in [-0.05, 0) is 49.9 Å². The molecule has 10 nitrogen and oxygen atoms in total. The summed E-state index contributed by atoms with van der Waals surface area (Å²) in [7, 11) is 0. The van der Waals surface area contributed by atoms with Gasteiger partial charge in [0.25, 0.3) is 5.91 Å². The molecular formula is C29H46N4O6. The number of ketones is 2. The first-order chi connectivity index (χ1) is 18.3. The van der Waals surface area contributed by atoms with Crippen molar-refractivity contribution in [2.75, 3.05) is 13.1 Å². The van der Waals surface area contributed by atoms with Gasteiger partial charge >= 0.3 is 0 Å². The Morgan fingerprint density at radius 2 is 1.69 bits per heavy atom. The molecule has 4 amide bonds. The Morgan fingerprint density at radius 1 is 1.05 bits per heavy atom. The summed E-state index contributed by atoms with van der Waals surface area (Å²) in [6.07, 6.45) is 3.60. The summed E-state index contributed by atoms with van der Waals surface area (Å²) in [5.74, 6) is -2.40. The van der Waals surface area contributed by atoms with Crippen molar-refractivity contribution in [1.82, 2.24) is 20.9 Å². The highest BCUT2D eigenvalue weighted by molar-refractivity contribution is 6.38. The number of hydrogen-bond acceptors (Lipinski definition) is 6. The molecule has 218 valence electrons. The molecule has 2 unspecified atom stereocenters. The lowest BCUT2D eigenvalue weighted by atomic mass is 9.56. The van der Waals surface area contributed by atoms with Crippen molar-refractivity contribution in [3.05, 3.63) is 12.7 Å². The quantitative estimate of drug-likeness (QED) is 0.224. The fourth-order valence-electron chi connectivity index (χ4n) is 6.13. The van der Waals surface area contributed by atoms with E-state index in [9.17, 15) is 28.8 Å². The number of amides is 4. The van der Waals surface area contributed by atoms with Crippen molar-refractivity contribution < 1.29 is 28.8 Å². The molecule has 1 saturated heterocycles. The van der Waals surface area contributed by atoms with Crippen LogP contribution in [0.2, 0.25) is 0 Å². The molecule has 0 aromatic heterocycles. The predicted octanol–water partition coefficient (Wildman–Crippen LogP) is 1.77. The van der Waals surface area contributed by atoms with Crippen LogP contribution in [0.5, 0.6) is 0 Å². The molecule has 1 saturated carbocycles. The van der Waals surface area contributed by atoms with Crippen LogP contribution in [0, 0.1) is 29.6 Å². The van der Waals surface area contributed by atoms with Gasteiger partial charge in [0, 0.05) is 25.4 Å². The molecule has 1 aliphatic carbocycles. The zero-order valence-corrected chi connectivity index (χ0v) is 24.2. The largest absolute Gasteiger partial charge is 0.346 e. The maximum absolute atomic E-state index is 13.6. The molecule has 0 radical (unpaired) electrons. The summed E-state index contributed by atoms with van der Waals surface area (Å²) in [5.41, 5.74) is 0. The van der Waals surface area contributed by atoms with Gasteiger partial charge < -0.3 is 20.9 Å². The smallest absolute Gasteiger partial charge is 0.289 e. The van der Waals surface area contributed by atoms with Crippen LogP contribution in [0.1, 0.15) is 73.6 Å². The zero-order valence-electron chi connectivity index (χ0n) is 24.2. The standard InChI is InChI=1S/C29H46N4O6/c1-8-11-21(26(36)28(38)30-13-9-2)31-27(37)22-12-10-14-33(22)29(39)25(16(3)4)32-23(35)15-20-17(5)24(18(20)6)19(7)34/h9,16-18,20-22,24-25H,2,8,10-15H2,1,3-7H3,(H,30,38)(H,31,37)(H,32,35)/t17?,18?,20?,21-,22-,24?,25-/m0/s1. The lowest BCUT2D eigenvalue weighted by molar-refractivity contribution is -0.145. The maximum atomic E-state index is 13.6. The van der Waals surface area contributed by atoms with Gasteiger partial charge in [-0.3, -0.25) is 28.8 Å². The van der Waals surface area contributed by atoms with Crippen molar-refractivity contribution in [2.24, 2.45) is 29.6 Å². The molecule has 0 bridgehead atoms. The van der Waals surface area contributed by atoms with Crippen LogP contribution in [0.3, 0.4) is 0 Å². The molecule has 0 aromatic carbocycles. The van der Waals surface area contributed by atoms with E-state index in [0.717, 1.165) is 0 Å². The number of rotatable bonds is 14. The molecule has 2 rings (SSSR count). The minimum atomic E-state index is -0.990. The van der Waals surface area contributed by atoms with E-state index in [0.29, 0.717) is 32.2 Å². The van der Waals surface area contributed by atoms with Gasteiger partial charge in [0.1, 0.15) is 17.9 Å². The van der Waals surface area contributed by atoms with Gasteiger partial charge in [-0.25, -0.2) is 0 Å². The van der Waals surface area contributed by atoms with E-state index < -0.39 is 35.7 Å². The first kappa shape index (κ1) is 32.2. The highest BCUT2D eigenvalue weighted by Gasteiger charge is 2.48. The van der Waals surface area contributed by atoms with Crippen molar-refractivity contribution in [1.29, 1.82) is 0 Å². The third-order valence-electron chi connectivity index (χ3n) is 8.30. The molecule has 3 N–H and O–H groups in total. The van der Waals surface area contributed by atoms with E-state index in [4.69, 9.17) is 0 Å². The molecule has 1 heterocycles. The minimum Gasteiger partial charge on any atom is -0.346 e. The molecule has 2 fully saturated rings. The Balaban J connectivity index is 2.07. The summed E-state index contributed by atoms with van der Waals surface area (Å²) in [5, 5.41) is 8.02. The van der Waals surface area contributed by atoms with Gasteiger partial charge in [0.15, 0.2) is 0 Å². The van der Waals surface area contributed by atoms with Crippen LogP contribution in [0.25, 0.3) is 0 Å². The summed E-state index contributed by atoms with van der Waals surface area (Å²) >= 11 is 0. The SMILES string of the molecule is C=CCNC(=O)C(=O)[C@H](CCC)NC(=O)[C@@H]1CCCN1C(=O)[C@@H](NC(=O)CC1C(C)C(C(C)=O)C1C)C(C)C. The predicted molar refractivity (Wildman–Crippen MR) is 147 cm³/mol. The molecule has 10 heteroatoms. The van der Waals surface area contributed by atoms with Gasteiger partial charge in [0.05, 0.1) is 6.04 Å². The number of carbonyl (C=O) groups excluding carboxylic acids is 6. The van der Waals surface area contributed by atoms with Gasteiger partial charge in [-0.1, -0.05) is 47.1 Å². The monoisotopic (exact) mass is 546 g/mol. The van der Waals surface area contributed by atoms with Crippen LogP contribution in [-0.2, 0) is 28.8 Å². The highest BCUT2D eigenvalue weighted by atomic mass is 16.2. The van der Waals surface area contributed by atoms with Gasteiger partial charge in [-0.2, -0.15) is 0 Å². The van der Waals surface area contributed by atoms with E-state index in [1.807, 2.05) is 34.6 Å². The van der Waals surface area contributed by atoms with Crippen LogP contribution in [-0.4, -0.2) is 71.3 Å². The van der Waals surface area contributed by atoms with E-state index in [1.54, 1.807) is 6.92 Å². The van der Waals surface area contributed by atoms with Crippen LogP contribution >= 0.6 is 0 Å². The lowest BCUT2D eigenvalue weighted by Crippen LogP contribution is -2.57. The Labute approximate surface area is 232 Å². The summed E-state index contributed by atoms with van der Waals surface area (Å²) < 4.78 is 0. The van der Waals surface area contributed by atoms with Gasteiger partial charge in [0.2, 0.25) is 23.5 Å². The lowest BCUT2D eigenvalue weighted by Gasteiger charge is -2.48. The van der Waals surface area contributed by atoms with E-state index in [2.05, 4.69) is 22.5 Å². The Morgan fingerprint density at radius 3 is 2.23 bits per heavy atom. The molecule has 2 aliphatic rings. The Kier molecular flexibility index (Phi) is 11.9. The van der Waals surface area contributed by atoms with E-state index in [-0.39, 0.29) is 60.2 Å². The second-order valence-electron chi connectivity index (χ2n) is 11.4. The first-order valence-electron chi connectivity index (χ1n) is 14.2. The van der Waals surface area contributed by atoms with Crippen molar-refractivity contribution in [2.45, 2.75) is 91.8 Å². The first-order valence-corrected chi connectivity index (χ1v) is 14.2. The third kappa shape index (κ3) is 7.76. The highest BCUT2D eigenvalue weighted by Crippen LogP contribution is 2.47. The van der Waals surface area contributed by atoms with Crippen LogP contribution < -0.4 is 16.0 Å². The van der Waals surface area contributed by atoms with Crippen molar-refractivity contribution >= 4 is 35.2 Å². The number of Topliss-reactive ketones (excluding diaryl/α,β-unsaturated/α-hetero) is 2. The molecule has 1 aliphatic heterocycles. The number of hydrogen-bond donors (Lipinski definition) is 3. The van der Waals surface area contributed by atoms with Crippen LogP contribution in [0.4, 0.5) is 0 Å². The fourth-order valence-corrected chi connectivity index (χ4v) is 6.13. The topological polar surface area (TPSA) is 142 Å². The molecule has 0 spiro atoms. The molecule has 5 atom stereocenters. The van der Waals surface area contributed by atoms with Crippen molar-refractivity contribution in [3.63, 3.8) is 0 Å². The van der Waals surface area contributed by atoms with Crippen LogP contribution in [0.15, 0.2) is 12.7 Å². The average molecular weight is 547 g/mol. The number of nitrogens with one attached hydrogen (secondary N) is 3. The Bertz CT molecular complexity index is 953. The van der Waals surface area contributed by atoms with Gasteiger partial charge in [-0.15, -0.1) is 6.58 Å². The maximum Gasteiger partial charge on any atom is 0.289 e. The molecular weight excluding hydrogens is 500 g/mol. The van der Waals surface area contributed by atoms with E-state index >= 15 is 0 Å².